The number of ether oxygens (including phenoxy) is 2. The quantitative estimate of drug-likeness (QED) is 0.0558. The lowest BCUT2D eigenvalue weighted by Crippen LogP contribution is -2.87. The molecular weight excluding hydrogens is 1130 g/mol. The van der Waals surface area contributed by atoms with Crippen molar-refractivity contribution in [2.75, 3.05) is 13.7 Å². The number of carbonyl (C=O) groups excluding carboxylic acids is 2. The molecule has 482 valence electrons. The van der Waals surface area contributed by atoms with Gasteiger partial charge in [-0.3, -0.25) is 0 Å². The first-order chi connectivity index (χ1) is 44.1. The molecule has 10 saturated carbocycles. The standard InChI is InChI=1S/C80H97NO10/c1-81-67-38-60-50(14-8-16-54(60)41-82)22-26-73(24-5-6-25-73)42-75-27-23-68-74(44-83)43-76-56(33-55-32-51(20-21-63(55)76)49-12-3-2-4-13-49)35-58-31-47-11-7-10-46(28-47)29-48-18-19-53(30-48)59-17-9-15-52-34-66(72(76)90-58)79(74,88)65(37-61(52)59)71(86)80(68,89)78(75,87)40-57-36-62(67)70-64(39-69(85)91-70)77(57,75)45-84/h2-4,7-16,28,39,44,48,51-53,55-59,61-63,65-68,70-72,81-82,84,86-89H,5-6,17-21,23-25,27,29-38,40-43,45H2,1H3/t48-,51+,52+,53-,55-,56+,57-,58+,59-,61-,62+,63-,65-,66-,67-,68+,70+,71-,72+,74-,75-,76-,77+,78+,79-,80+/m0/s1. The third-order valence-electron chi connectivity index (χ3n) is 31.2. The lowest BCUT2D eigenvalue weighted by Gasteiger charge is -2.77. The zero-order valence-corrected chi connectivity index (χ0v) is 53.4. The summed E-state index contributed by atoms with van der Waals surface area (Å²) in [6.07, 6.45) is 22.0. The maximum atomic E-state index is 16.3. The zero-order valence-electron chi connectivity index (χ0n) is 53.4. The summed E-state index contributed by atoms with van der Waals surface area (Å²) >= 11 is 0. The van der Waals surface area contributed by atoms with Crippen molar-refractivity contribution in [3.63, 3.8) is 0 Å². The lowest BCUT2D eigenvalue weighted by atomic mass is 9.30. The Kier molecular flexibility index (Phi) is 13.5. The van der Waals surface area contributed by atoms with Crippen molar-refractivity contribution in [3.05, 3.63) is 130 Å². The fourth-order valence-electron chi connectivity index (χ4n) is 28.1. The van der Waals surface area contributed by atoms with Crippen molar-refractivity contribution in [1.82, 2.24) is 5.32 Å². The summed E-state index contributed by atoms with van der Waals surface area (Å²) in [6, 6.07) is 26.1. The van der Waals surface area contributed by atoms with Crippen LogP contribution in [0.25, 0.3) is 0 Å². The smallest absolute Gasteiger partial charge is 0.331 e. The van der Waals surface area contributed by atoms with Crippen LogP contribution in [-0.2, 0) is 44.9 Å². The van der Waals surface area contributed by atoms with E-state index in [0.29, 0.717) is 67.8 Å². The maximum absolute atomic E-state index is 16.3. The summed E-state index contributed by atoms with van der Waals surface area (Å²) in [4.78, 5) is 30.7. The SMILES string of the molecule is CN[C@H]1Cc2c(cccc2CO)C#CC2(CCCC2)C[C@]23CC[C@H]4[C@@](O)([C@@H](O)[C@@H]5C[C@@H]6[C@H]7CC=C[C@@H]6C[C@H]6[C@H]8O[C@H](Cc9cccc(c9)C[C@@H]9CC[C@H]7C9)C[C@H]7C[C@@H]9C[C@H](c%10ccccc%10)CC[C@@H]9[C@]78C[C@@]4(C=O)[C@@]65O)[C@@]2(O)C[C@@H]2C[C@H]1[C@H]1OC(=O)C=C1[C@@]23CO. The summed E-state index contributed by atoms with van der Waals surface area (Å²) in [7, 11) is 1.93. The minimum Gasteiger partial charge on any atom is -0.454 e. The third kappa shape index (κ3) is 7.64. The molecule has 0 aromatic heterocycles. The van der Waals surface area contributed by atoms with E-state index in [-0.39, 0.29) is 73.5 Å². The number of allylic oxidation sites excluding steroid dienone is 2. The van der Waals surface area contributed by atoms with Gasteiger partial charge in [0.25, 0.3) is 0 Å². The first kappa shape index (κ1) is 59.0. The van der Waals surface area contributed by atoms with Crippen molar-refractivity contribution >= 4 is 12.3 Å². The number of hydrogen-bond donors (Lipinski definition) is 7. The van der Waals surface area contributed by atoms with Crippen molar-refractivity contribution < 1.29 is 49.7 Å². The number of aldehydes is 1. The van der Waals surface area contributed by atoms with Gasteiger partial charge in [0.15, 0.2) is 0 Å². The second-order valence-corrected chi connectivity index (χ2v) is 33.7. The van der Waals surface area contributed by atoms with E-state index < -0.39 is 98.4 Å². The van der Waals surface area contributed by atoms with E-state index in [2.05, 4.69) is 83.9 Å². The molecule has 11 heteroatoms. The molecule has 16 aliphatic rings. The fraction of sp³-hybridized carbons (Fsp3) is 0.675. The average molecular weight is 1230 g/mol. The highest BCUT2D eigenvalue weighted by Crippen LogP contribution is 2.84. The van der Waals surface area contributed by atoms with Gasteiger partial charge in [-0.15, -0.1) is 0 Å². The van der Waals surface area contributed by atoms with E-state index in [0.717, 1.165) is 119 Å². The van der Waals surface area contributed by atoms with Crippen LogP contribution in [0, 0.1) is 116 Å². The fourth-order valence-corrected chi connectivity index (χ4v) is 28.1. The van der Waals surface area contributed by atoms with Gasteiger partial charge in [-0.05, 0) is 247 Å². The molecule has 3 aromatic carbocycles. The Balaban J connectivity index is 0.865. The first-order valence-corrected chi connectivity index (χ1v) is 36.4. The third-order valence-corrected chi connectivity index (χ3v) is 31.2. The van der Waals surface area contributed by atoms with Crippen LogP contribution in [0.2, 0.25) is 0 Å². The van der Waals surface area contributed by atoms with E-state index in [9.17, 15) is 20.1 Å². The molecule has 11 nitrogen and oxygen atoms in total. The Morgan fingerprint density at radius 3 is 2.37 bits per heavy atom. The molecule has 3 aromatic rings. The van der Waals surface area contributed by atoms with Gasteiger partial charge in [0.1, 0.15) is 23.6 Å². The molecule has 3 heterocycles. The van der Waals surface area contributed by atoms with Crippen LogP contribution in [0.1, 0.15) is 174 Å². The van der Waals surface area contributed by atoms with Crippen molar-refractivity contribution in [1.29, 1.82) is 0 Å². The lowest BCUT2D eigenvalue weighted by molar-refractivity contribution is -0.398. The van der Waals surface area contributed by atoms with Crippen LogP contribution in [0.15, 0.2) is 96.6 Å². The van der Waals surface area contributed by atoms with E-state index in [1.807, 2.05) is 25.2 Å². The summed E-state index contributed by atoms with van der Waals surface area (Å²) in [5.74, 6) is 6.15. The molecule has 13 aliphatic carbocycles. The number of nitrogens with one attached hydrogen (secondary N) is 1. The number of rotatable bonds is 5. The summed E-state index contributed by atoms with van der Waals surface area (Å²) in [5, 5.41) is 89.7. The Hall–Kier alpha value is -4.48. The minimum atomic E-state index is -2.38. The number of fused-ring (bicyclic) bond motifs is 11. The Morgan fingerprint density at radius 2 is 1.57 bits per heavy atom. The summed E-state index contributed by atoms with van der Waals surface area (Å²) < 4.78 is 14.7. The van der Waals surface area contributed by atoms with Crippen molar-refractivity contribution in [2.24, 2.45) is 104 Å². The predicted octanol–water partition coefficient (Wildman–Crippen LogP) is 10.5. The first-order valence-electron chi connectivity index (χ1n) is 36.4. The Morgan fingerprint density at radius 1 is 0.747 bits per heavy atom. The van der Waals surface area contributed by atoms with Gasteiger partial charge in [0.05, 0.1) is 42.5 Å². The highest BCUT2D eigenvalue weighted by atomic mass is 16.5. The van der Waals surface area contributed by atoms with E-state index in [4.69, 9.17) is 9.47 Å². The second kappa shape index (κ2) is 20.8. The molecule has 0 radical (unpaired) electrons. The Bertz CT molecular complexity index is 3570. The largest absolute Gasteiger partial charge is 0.454 e. The number of esters is 1. The molecule has 1 saturated heterocycles. The molecule has 0 amide bonds. The van der Waals surface area contributed by atoms with Crippen LogP contribution in [-0.4, -0.2) is 104 Å². The molecule has 14 bridgehead atoms. The van der Waals surface area contributed by atoms with Crippen LogP contribution in [0.4, 0.5) is 0 Å². The van der Waals surface area contributed by atoms with Crippen LogP contribution in [0.5, 0.6) is 0 Å². The zero-order chi connectivity index (χ0) is 61.8. The number of aliphatic hydroxyl groups excluding tert-OH is 3. The predicted molar refractivity (Wildman–Crippen MR) is 343 cm³/mol. The van der Waals surface area contributed by atoms with Gasteiger partial charge >= 0.3 is 5.97 Å². The van der Waals surface area contributed by atoms with E-state index in [1.54, 1.807) is 6.08 Å². The molecule has 3 aliphatic heterocycles. The molecular formula is C80H97NO10. The van der Waals surface area contributed by atoms with E-state index in [1.165, 1.54) is 16.7 Å². The highest BCUT2D eigenvalue weighted by molar-refractivity contribution is 5.87. The number of carbonyl (C=O) groups is 2. The van der Waals surface area contributed by atoms with Gasteiger partial charge in [-0.1, -0.05) is 104 Å². The van der Waals surface area contributed by atoms with Crippen molar-refractivity contribution in [2.45, 2.75) is 214 Å². The average Bonchev–Trinajstić information content (AvgIpc) is 1.58. The molecule has 3 spiro atoms. The monoisotopic (exact) mass is 1230 g/mol. The second-order valence-electron chi connectivity index (χ2n) is 33.7. The van der Waals surface area contributed by atoms with Gasteiger partial charge in [-0.2, -0.15) is 0 Å². The van der Waals surface area contributed by atoms with Crippen LogP contribution < -0.4 is 5.32 Å². The van der Waals surface area contributed by atoms with Gasteiger partial charge in [0, 0.05) is 63.0 Å². The van der Waals surface area contributed by atoms with Crippen LogP contribution in [0.3, 0.4) is 0 Å². The van der Waals surface area contributed by atoms with Crippen molar-refractivity contribution in [3.8, 4) is 11.8 Å². The van der Waals surface area contributed by atoms with Gasteiger partial charge in [-0.25, -0.2) is 4.79 Å². The number of benzene rings is 3. The van der Waals surface area contributed by atoms with Crippen LogP contribution >= 0.6 is 0 Å². The highest BCUT2D eigenvalue weighted by Gasteiger charge is 2.90. The number of aliphatic hydroxyl groups is 6. The molecule has 7 N–H and O–H groups in total. The Labute approximate surface area is 538 Å². The van der Waals surface area contributed by atoms with E-state index >= 15 is 20.1 Å². The summed E-state index contributed by atoms with van der Waals surface area (Å²) in [5.41, 5.74) is -4.62. The summed E-state index contributed by atoms with van der Waals surface area (Å²) in [6.45, 7) is -0.573. The molecule has 0 unspecified atom stereocenters. The molecule has 19 rings (SSSR count). The molecule has 91 heavy (non-hydrogen) atoms. The normalized spacial score (nSPS) is 49.6. The minimum absolute atomic E-state index is 0.0165. The van der Waals surface area contributed by atoms with Gasteiger partial charge in [0.2, 0.25) is 0 Å². The topological polar surface area (TPSA) is 186 Å². The maximum Gasteiger partial charge on any atom is 0.331 e. The number of hydrogen-bond acceptors (Lipinski definition) is 11. The molecule has 26 atom stereocenters. The molecule has 11 fully saturated rings. The van der Waals surface area contributed by atoms with Gasteiger partial charge < -0.3 is 50.2 Å². The number of likely N-dealkylation sites (N-methyl/N-ethyl adjacent to an activating group) is 1.